The second kappa shape index (κ2) is 13.5. The van der Waals surface area contributed by atoms with Crippen LogP contribution in [0.1, 0.15) is 70.6 Å². The molecule has 0 aromatic heterocycles. The molecule has 0 aliphatic rings. The van der Waals surface area contributed by atoms with Crippen molar-refractivity contribution in [3.63, 3.8) is 0 Å². The van der Waals surface area contributed by atoms with Gasteiger partial charge in [-0.2, -0.15) is 13.2 Å². The second-order valence-corrected chi connectivity index (χ2v) is 15.2. The first-order valence-electron chi connectivity index (χ1n) is 8.39. The van der Waals surface area contributed by atoms with Crippen molar-refractivity contribution in [2.45, 2.75) is 82.8 Å². The summed E-state index contributed by atoms with van der Waals surface area (Å²) in [6, 6.07) is -1.72. The Morgan fingerprint density at radius 1 is 0.792 bits per heavy atom. The van der Waals surface area contributed by atoms with Crippen molar-refractivity contribution in [1.29, 1.82) is 0 Å². The highest BCUT2D eigenvalue weighted by atomic mass is 35.8. The van der Waals surface area contributed by atoms with Gasteiger partial charge in [0, 0.05) is 6.42 Å². The molecule has 0 N–H and O–H groups in total. The molecule has 0 atom stereocenters. The highest BCUT2D eigenvalue weighted by molar-refractivity contribution is 7.64. The van der Waals surface area contributed by atoms with Crippen LogP contribution < -0.4 is 0 Å². The molecule has 0 aliphatic heterocycles. The molecule has 0 fully saturated rings. The normalized spacial score (nSPS) is 12.4. The highest BCUT2D eigenvalue weighted by Crippen LogP contribution is 2.27. The molecule has 0 unspecified atom stereocenters. The van der Waals surface area contributed by atoms with E-state index >= 15 is 0 Å². The van der Waals surface area contributed by atoms with Crippen LogP contribution in [0.15, 0.2) is 0 Å². The average molecular weight is 430 g/mol. The first-order valence-corrected chi connectivity index (χ1v) is 13.6. The second-order valence-electron chi connectivity index (χ2n) is 5.93. The molecule has 0 saturated carbocycles. The molecule has 144 valence electrons. The third-order valence-corrected chi connectivity index (χ3v) is 6.11. The Balaban J connectivity index is 3.24. The van der Waals surface area contributed by atoms with Crippen molar-refractivity contribution in [3.05, 3.63) is 0 Å². The Bertz CT molecular complexity index is 337. The molecule has 0 amide bonds. The standard InChI is InChI=1S/C15H26Cl3F3O2Si/c16-24(17,18)12-10-8-6-4-2-1-3-5-7-9-11-14(22)23-13-15(19,20)21/h1-13H2. The van der Waals surface area contributed by atoms with E-state index in [2.05, 4.69) is 4.74 Å². The molecule has 9 heteroatoms. The van der Waals surface area contributed by atoms with Crippen LogP contribution in [0.25, 0.3) is 0 Å². The van der Waals surface area contributed by atoms with Gasteiger partial charge in [0.2, 0.25) is 0 Å². The van der Waals surface area contributed by atoms with Gasteiger partial charge in [0.25, 0.3) is 0 Å². The lowest BCUT2D eigenvalue weighted by atomic mass is 10.1. The van der Waals surface area contributed by atoms with Crippen molar-refractivity contribution in [2.24, 2.45) is 0 Å². The molecule has 0 spiro atoms. The van der Waals surface area contributed by atoms with Crippen molar-refractivity contribution in [2.75, 3.05) is 6.61 Å². The molecule has 2 nitrogen and oxygen atoms in total. The van der Waals surface area contributed by atoms with Crippen molar-refractivity contribution in [3.8, 4) is 0 Å². The maximum absolute atomic E-state index is 11.8. The van der Waals surface area contributed by atoms with Crippen LogP contribution in [0.3, 0.4) is 0 Å². The lowest BCUT2D eigenvalue weighted by Gasteiger charge is -2.07. The summed E-state index contributed by atoms with van der Waals surface area (Å²) in [5, 5.41) is 0. The zero-order valence-electron chi connectivity index (χ0n) is 13.8. The number of unbranched alkanes of at least 4 members (excludes halogenated alkanes) is 9. The van der Waals surface area contributed by atoms with Crippen LogP contribution in [-0.2, 0) is 9.53 Å². The zero-order valence-corrected chi connectivity index (χ0v) is 17.0. The molecule has 0 rings (SSSR count). The minimum Gasteiger partial charge on any atom is -0.456 e. The summed E-state index contributed by atoms with van der Waals surface area (Å²) < 4.78 is 39.6. The summed E-state index contributed by atoms with van der Waals surface area (Å²) in [5.74, 6) is -0.773. The summed E-state index contributed by atoms with van der Waals surface area (Å²) in [6.07, 6.45) is 5.81. The Morgan fingerprint density at radius 2 is 1.21 bits per heavy atom. The number of hydrogen-bond donors (Lipinski definition) is 0. The fourth-order valence-electron chi connectivity index (χ4n) is 2.24. The first kappa shape index (κ1) is 24.3. The van der Waals surface area contributed by atoms with Gasteiger partial charge in [-0.1, -0.05) is 57.8 Å². The topological polar surface area (TPSA) is 26.3 Å². The Kier molecular flexibility index (Phi) is 13.7. The monoisotopic (exact) mass is 428 g/mol. The highest BCUT2D eigenvalue weighted by Gasteiger charge is 2.29. The summed E-state index contributed by atoms with van der Waals surface area (Å²) in [4.78, 5) is 11.1. The first-order chi connectivity index (χ1) is 11.1. The maximum Gasteiger partial charge on any atom is 0.422 e. The van der Waals surface area contributed by atoms with Crippen molar-refractivity contribution < 1.29 is 22.7 Å². The number of carbonyl (C=O) groups excluding carboxylic acids is 1. The number of esters is 1. The number of carbonyl (C=O) groups is 1. The van der Waals surface area contributed by atoms with Crippen LogP contribution in [0, 0.1) is 0 Å². The summed E-state index contributed by atoms with van der Waals surface area (Å²) in [5.41, 5.74) is 0. The molecule has 0 aromatic carbocycles. The quantitative estimate of drug-likeness (QED) is 0.128. The van der Waals surface area contributed by atoms with Gasteiger partial charge in [-0.25, -0.2) is 0 Å². The fraction of sp³-hybridized carbons (Fsp3) is 0.933. The van der Waals surface area contributed by atoms with E-state index in [0.717, 1.165) is 51.0 Å². The van der Waals surface area contributed by atoms with Crippen molar-refractivity contribution >= 4 is 45.2 Å². The smallest absolute Gasteiger partial charge is 0.422 e. The maximum atomic E-state index is 11.8. The van der Waals surface area contributed by atoms with Gasteiger partial charge in [-0.3, -0.25) is 4.79 Å². The van der Waals surface area contributed by atoms with E-state index < -0.39 is 24.8 Å². The Labute approximate surface area is 157 Å². The number of halogens is 6. The molecule has 24 heavy (non-hydrogen) atoms. The van der Waals surface area contributed by atoms with E-state index in [-0.39, 0.29) is 6.42 Å². The predicted molar refractivity (Wildman–Crippen MR) is 95.9 cm³/mol. The molecule has 0 saturated heterocycles. The molecule has 0 aromatic rings. The molecule has 0 radical (unpaired) electrons. The fourth-order valence-corrected chi connectivity index (χ4v) is 4.10. The van der Waals surface area contributed by atoms with E-state index in [4.69, 9.17) is 33.2 Å². The van der Waals surface area contributed by atoms with Gasteiger partial charge in [0.05, 0.1) is 0 Å². The lowest BCUT2D eigenvalue weighted by Crippen LogP contribution is -2.20. The average Bonchev–Trinajstić information content (AvgIpc) is 2.44. The third kappa shape index (κ3) is 20.4. The van der Waals surface area contributed by atoms with Crippen LogP contribution >= 0.6 is 33.2 Å². The van der Waals surface area contributed by atoms with Gasteiger partial charge in [-0.05, 0) is 12.5 Å². The minimum absolute atomic E-state index is 0.0581. The summed E-state index contributed by atoms with van der Waals surface area (Å²) in [7, 11) is 0. The van der Waals surface area contributed by atoms with Crippen LogP contribution in [0.4, 0.5) is 13.2 Å². The van der Waals surface area contributed by atoms with E-state index in [9.17, 15) is 18.0 Å². The van der Waals surface area contributed by atoms with Gasteiger partial charge in [-0.15, -0.1) is 33.2 Å². The van der Waals surface area contributed by atoms with Gasteiger partial charge in [0.15, 0.2) is 6.61 Å². The lowest BCUT2D eigenvalue weighted by molar-refractivity contribution is -0.186. The third-order valence-electron chi connectivity index (χ3n) is 3.49. The number of alkyl halides is 3. The van der Waals surface area contributed by atoms with Crippen LogP contribution in [0.2, 0.25) is 6.04 Å². The van der Waals surface area contributed by atoms with Gasteiger partial charge < -0.3 is 4.74 Å². The van der Waals surface area contributed by atoms with Gasteiger partial charge >= 0.3 is 18.1 Å². The molecular weight excluding hydrogens is 404 g/mol. The minimum atomic E-state index is -4.45. The summed E-state index contributed by atoms with van der Waals surface area (Å²) in [6.45, 7) is -1.49. The number of hydrogen-bond acceptors (Lipinski definition) is 2. The van der Waals surface area contributed by atoms with Crippen LogP contribution in [-0.4, -0.2) is 24.8 Å². The molecule has 0 heterocycles. The van der Waals surface area contributed by atoms with E-state index in [1.54, 1.807) is 0 Å². The van der Waals surface area contributed by atoms with Gasteiger partial charge in [0.1, 0.15) is 0 Å². The van der Waals surface area contributed by atoms with E-state index in [1.807, 2.05) is 0 Å². The molecule has 0 aliphatic carbocycles. The van der Waals surface area contributed by atoms with Crippen LogP contribution in [0.5, 0.6) is 0 Å². The van der Waals surface area contributed by atoms with Crippen molar-refractivity contribution in [1.82, 2.24) is 0 Å². The summed E-state index contributed by atoms with van der Waals surface area (Å²) >= 11 is 17.4. The van der Waals surface area contributed by atoms with E-state index in [1.165, 1.54) is 12.8 Å². The SMILES string of the molecule is O=C(CCCCCCCCCCCC[Si](Cl)(Cl)Cl)OCC(F)(F)F. The Morgan fingerprint density at radius 3 is 1.62 bits per heavy atom. The largest absolute Gasteiger partial charge is 0.456 e. The number of ether oxygens (including phenoxy) is 1. The molecule has 0 bridgehead atoms. The number of rotatable bonds is 14. The Hall–Kier alpha value is 0.347. The van der Waals surface area contributed by atoms with E-state index in [0.29, 0.717) is 6.42 Å². The molecular formula is C15H26Cl3F3O2Si. The predicted octanol–water partition coefficient (Wildman–Crippen LogP) is 7.04. The zero-order chi connectivity index (χ0) is 18.5.